The maximum Gasteiger partial charge on any atom is 0.0627 e. The van der Waals surface area contributed by atoms with Gasteiger partial charge in [0.2, 0.25) is 0 Å². The Bertz CT molecular complexity index is 688. The molecule has 41 heavy (non-hydrogen) atoms. The van der Waals surface area contributed by atoms with Gasteiger partial charge in [-0.3, -0.25) is 14.7 Å². The second-order valence-corrected chi connectivity index (χ2v) is 15.6. The number of nitrogens with zero attached hydrogens (tertiary/aromatic N) is 4. The van der Waals surface area contributed by atoms with E-state index < -0.39 is 0 Å². The van der Waals surface area contributed by atoms with Crippen LogP contribution in [0.4, 0.5) is 0 Å². The summed E-state index contributed by atoms with van der Waals surface area (Å²) < 4.78 is 18.2. The van der Waals surface area contributed by atoms with Crippen molar-refractivity contribution in [2.75, 3.05) is 105 Å². The molecule has 0 atom stereocenters. The molecule has 0 unspecified atom stereocenters. The molecule has 2 rings (SSSR count). The highest BCUT2D eigenvalue weighted by atomic mass is 16.5. The van der Waals surface area contributed by atoms with Crippen LogP contribution in [0.15, 0.2) is 0 Å². The van der Waals surface area contributed by atoms with Crippen LogP contribution in [0, 0.1) is 0 Å². The highest BCUT2D eigenvalue weighted by Gasteiger charge is 2.26. The van der Waals surface area contributed by atoms with Gasteiger partial charge in [0.15, 0.2) is 0 Å². The third-order valence-corrected chi connectivity index (χ3v) is 8.32. The Balaban J connectivity index is 1.50. The van der Waals surface area contributed by atoms with Crippen molar-refractivity contribution in [1.29, 1.82) is 0 Å². The van der Waals surface area contributed by atoms with Crippen LogP contribution in [-0.4, -0.2) is 147 Å². The molecule has 1 N–H and O–H groups in total. The monoisotopic (exact) mass is 584 g/mol. The molecule has 0 saturated carbocycles. The molecule has 8 nitrogen and oxygen atoms in total. The molecule has 2 heterocycles. The summed E-state index contributed by atoms with van der Waals surface area (Å²) in [6.45, 7) is 38.9. The molecule has 2 saturated heterocycles. The Kier molecular flexibility index (Phi) is 15.5. The third-order valence-electron chi connectivity index (χ3n) is 8.32. The van der Waals surface area contributed by atoms with E-state index in [0.717, 1.165) is 98.1 Å². The minimum absolute atomic E-state index is 0.0375. The van der Waals surface area contributed by atoms with Crippen molar-refractivity contribution < 1.29 is 14.2 Å². The lowest BCUT2D eigenvalue weighted by Crippen LogP contribution is -2.49. The molecule has 0 aromatic rings. The average Bonchev–Trinajstić information content (AvgIpc) is 2.86. The van der Waals surface area contributed by atoms with Crippen LogP contribution in [0.5, 0.6) is 0 Å². The van der Waals surface area contributed by atoms with Gasteiger partial charge in [-0.05, 0) is 102 Å². The van der Waals surface area contributed by atoms with E-state index in [2.05, 4.69) is 94.2 Å². The molecule has 2 aliphatic heterocycles. The number of ether oxygens (including phenoxy) is 3. The first-order valence-corrected chi connectivity index (χ1v) is 16.6. The maximum atomic E-state index is 6.39. The Labute approximate surface area is 254 Å². The smallest absolute Gasteiger partial charge is 0.0627 e. The number of hydrogen-bond donors (Lipinski definition) is 1. The van der Waals surface area contributed by atoms with Crippen molar-refractivity contribution in [2.24, 2.45) is 0 Å². The van der Waals surface area contributed by atoms with E-state index >= 15 is 0 Å². The summed E-state index contributed by atoms with van der Waals surface area (Å²) in [4.78, 5) is 10.2. The lowest BCUT2D eigenvalue weighted by molar-refractivity contribution is -0.0427. The second kappa shape index (κ2) is 17.2. The van der Waals surface area contributed by atoms with Crippen molar-refractivity contribution in [2.45, 2.75) is 111 Å². The standard InChI is InChI=1S/C33H69N5O3/c1-30(2,3)39-27-24-36-18-16-35(17-19-36)15-11-14-34-32(7,8)12-13-33(9,10)41-29-26-38-22-20-37(21-23-38)25-28-40-31(4,5)6/h34H,11-29H2,1-10H3. The molecule has 0 radical (unpaired) electrons. The summed E-state index contributed by atoms with van der Waals surface area (Å²) in [5, 5.41) is 3.83. The summed E-state index contributed by atoms with van der Waals surface area (Å²) in [7, 11) is 0. The van der Waals surface area contributed by atoms with E-state index in [1.165, 1.54) is 26.1 Å². The molecular formula is C33H69N5O3. The predicted octanol–water partition coefficient (Wildman–Crippen LogP) is 4.19. The molecule has 2 aliphatic rings. The fourth-order valence-electron chi connectivity index (χ4n) is 5.39. The Morgan fingerprint density at radius 1 is 0.488 bits per heavy atom. The molecule has 0 aliphatic carbocycles. The molecule has 0 amide bonds. The van der Waals surface area contributed by atoms with E-state index in [0.29, 0.717) is 0 Å². The number of rotatable bonds is 18. The maximum absolute atomic E-state index is 6.39. The minimum atomic E-state index is -0.0946. The highest BCUT2D eigenvalue weighted by molar-refractivity contribution is 4.83. The quantitative estimate of drug-likeness (QED) is 0.241. The van der Waals surface area contributed by atoms with Gasteiger partial charge in [-0.15, -0.1) is 0 Å². The third kappa shape index (κ3) is 18.2. The first kappa shape index (κ1) is 36.9. The topological polar surface area (TPSA) is 52.7 Å². The normalized spacial score (nSPS) is 19.8. The van der Waals surface area contributed by atoms with E-state index in [-0.39, 0.29) is 22.3 Å². The van der Waals surface area contributed by atoms with Gasteiger partial charge in [-0.1, -0.05) is 0 Å². The zero-order valence-corrected chi connectivity index (χ0v) is 28.9. The summed E-state index contributed by atoms with van der Waals surface area (Å²) in [5.41, 5.74) is -0.0533. The van der Waals surface area contributed by atoms with Crippen LogP contribution >= 0.6 is 0 Å². The van der Waals surface area contributed by atoms with Crippen molar-refractivity contribution in [1.82, 2.24) is 24.9 Å². The van der Waals surface area contributed by atoms with Gasteiger partial charge in [0.25, 0.3) is 0 Å². The molecule has 244 valence electrons. The Morgan fingerprint density at radius 2 is 0.854 bits per heavy atom. The van der Waals surface area contributed by atoms with Crippen LogP contribution < -0.4 is 5.32 Å². The first-order valence-electron chi connectivity index (χ1n) is 16.6. The first-order chi connectivity index (χ1) is 19.0. The summed E-state index contributed by atoms with van der Waals surface area (Å²) in [6.07, 6.45) is 3.38. The van der Waals surface area contributed by atoms with Crippen molar-refractivity contribution in [3.8, 4) is 0 Å². The zero-order valence-electron chi connectivity index (χ0n) is 28.9. The fraction of sp³-hybridized carbons (Fsp3) is 1.00. The van der Waals surface area contributed by atoms with Gasteiger partial charge in [0.05, 0.1) is 36.6 Å². The summed E-state index contributed by atoms with van der Waals surface area (Å²) in [5.74, 6) is 0. The molecule has 0 aromatic heterocycles. The lowest BCUT2D eigenvalue weighted by atomic mass is 9.91. The van der Waals surface area contributed by atoms with E-state index in [4.69, 9.17) is 14.2 Å². The molecule has 8 heteroatoms. The Morgan fingerprint density at radius 3 is 1.24 bits per heavy atom. The molecule has 2 fully saturated rings. The van der Waals surface area contributed by atoms with Crippen molar-refractivity contribution >= 4 is 0 Å². The summed E-state index contributed by atoms with van der Waals surface area (Å²) >= 11 is 0. The van der Waals surface area contributed by atoms with Crippen LogP contribution in [-0.2, 0) is 14.2 Å². The highest BCUT2D eigenvalue weighted by Crippen LogP contribution is 2.22. The van der Waals surface area contributed by atoms with Gasteiger partial charge < -0.3 is 24.4 Å². The van der Waals surface area contributed by atoms with Crippen LogP contribution in [0.1, 0.15) is 88.5 Å². The van der Waals surface area contributed by atoms with Gasteiger partial charge >= 0.3 is 0 Å². The van der Waals surface area contributed by atoms with E-state index in [1.54, 1.807) is 0 Å². The number of piperazine rings is 2. The number of hydrogen-bond acceptors (Lipinski definition) is 8. The van der Waals surface area contributed by atoms with Gasteiger partial charge in [0.1, 0.15) is 0 Å². The van der Waals surface area contributed by atoms with Crippen LogP contribution in [0.3, 0.4) is 0 Å². The predicted molar refractivity (Wildman–Crippen MR) is 173 cm³/mol. The lowest BCUT2D eigenvalue weighted by Gasteiger charge is -2.36. The fourth-order valence-corrected chi connectivity index (χ4v) is 5.39. The average molecular weight is 584 g/mol. The minimum Gasteiger partial charge on any atom is -0.375 e. The van der Waals surface area contributed by atoms with E-state index in [9.17, 15) is 0 Å². The second-order valence-electron chi connectivity index (χ2n) is 15.6. The van der Waals surface area contributed by atoms with Crippen molar-refractivity contribution in [3.63, 3.8) is 0 Å². The molecule has 0 spiro atoms. The van der Waals surface area contributed by atoms with E-state index in [1.807, 2.05) is 0 Å². The number of nitrogens with one attached hydrogen (secondary N) is 1. The van der Waals surface area contributed by atoms with Crippen molar-refractivity contribution in [3.05, 3.63) is 0 Å². The summed E-state index contributed by atoms with van der Waals surface area (Å²) in [6, 6.07) is 0. The van der Waals surface area contributed by atoms with Crippen LogP contribution in [0.25, 0.3) is 0 Å². The SMILES string of the molecule is CC(C)(CCC(C)(C)OCCN1CCN(CCOC(C)(C)C)CC1)NCCCN1CCN(CCOC(C)(C)C)CC1. The molecule has 0 aromatic carbocycles. The largest absolute Gasteiger partial charge is 0.375 e. The van der Waals surface area contributed by atoms with Gasteiger partial charge in [-0.2, -0.15) is 0 Å². The molecule has 0 bridgehead atoms. The Hall–Kier alpha value is -0.320. The van der Waals surface area contributed by atoms with Crippen LogP contribution in [0.2, 0.25) is 0 Å². The zero-order chi connectivity index (χ0) is 30.6. The van der Waals surface area contributed by atoms with Gasteiger partial charge in [0, 0.05) is 77.5 Å². The molecular weight excluding hydrogens is 514 g/mol. The van der Waals surface area contributed by atoms with Gasteiger partial charge in [-0.25, -0.2) is 0 Å².